The first-order valence-corrected chi connectivity index (χ1v) is 8.46. The molecule has 1 aromatic carbocycles. The molecule has 142 valence electrons. The van der Waals surface area contributed by atoms with E-state index in [0.717, 1.165) is 0 Å². The van der Waals surface area contributed by atoms with Gasteiger partial charge in [0.05, 0.1) is 19.4 Å². The molecule has 0 amide bonds. The molecule has 0 aliphatic carbocycles. The highest BCUT2D eigenvalue weighted by molar-refractivity contribution is 5.79. The number of hydrogen-bond donors (Lipinski definition) is 3. The molecule has 0 aliphatic heterocycles. The van der Waals surface area contributed by atoms with Crippen molar-refractivity contribution in [1.82, 2.24) is 25.8 Å². The van der Waals surface area contributed by atoms with Crippen molar-refractivity contribution in [2.75, 3.05) is 13.6 Å². The van der Waals surface area contributed by atoms with E-state index < -0.39 is 0 Å². The second-order valence-electron chi connectivity index (χ2n) is 5.75. The number of aromatic nitrogens is 3. The summed E-state index contributed by atoms with van der Waals surface area (Å²) in [7, 11) is 1.66. The molecule has 3 aromatic rings. The van der Waals surface area contributed by atoms with Gasteiger partial charge in [0.15, 0.2) is 23.3 Å². The highest BCUT2D eigenvalue weighted by Gasteiger charge is 2.11. The number of H-pyrrole nitrogens is 1. The number of benzene rings is 1. The summed E-state index contributed by atoms with van der Waals surface area (Å²) in [6.45, 7) is 2.69. The van der Waals surface area contributed by atoms with Crippen molar-refractivity contribution in [3.05, 3.63) is 54.3 Å². The average molecular weight is 372 g/mol. The van der Waals surface area contributed by atoms with E-state index in [1.807, 2.05) is 6.92 Å². The van der Waals surface area contributed by atoms with Crippen LogP contribution in [0.5, 0.6) is 5.75 Å². The number of hydrogen-bond acceptors (Lipinski definition) is 5. The Labute approximate surface area is 155 Å². The van der Waals surface area contributed by atoms with E-state index >= 15 is 0 Å². The Morgan fingerprint density at radius 3 is 2.89 bits per heavy atom. The smallest absolute Gasteiger partial charge is 0.216 e. The lowest BCUT2D eigenvalue weighted by Gasteiger charge is -2.17. The summed E-state index contributed by atoms with van der Waals surface area (Å²) in [6, 6.07) is 9.88. The summed E-state index contributed by atoms with van der Waals surface area (Å²) in [5.74, 6) is 2.13. The van der Waals surface area contributed by atoms with Crippen molar-refractivity contribution in [2.24, 2.45) is 4.99 Å². The summed E-state index contributed by atoms with van der Waals surface area (Å²) < 4.78 is 24.5. The number of guanidine groups is 1. The third kappa shape index (κ3) is 5.06. The van der Waals surface area contributed by atoms with Gasteiger partial charge in [0.2, 0.25) is 5.82 Å². The van der Waals surface area contributed by atoms with Gasteiger partial charge in [0.25, 0.3) is 0 Å². The fraction of sp³-hybridized carbons (Fsp3) is 0.278. The van der Waals surface area contributed by atoms with Crippen molar-refractivity contribution in [3.63, 3.8) is 0 Å². The predicted molar refractivity (Wildman–Crippen MR) is 98.8 cm³/mol. The Bertz CT molecular complexity index is 878. The van der Waals surface area contributed by atoms with E-state index in [0.29, 0.717) is 36.5 Å². The van der Waals surface area contributed by atoms with Gasteiger partial charge in [-0.2, -0.15) is 0 Å². The van der Waals surface area contributed by atoms with Crippen LogP contribution in [0.3, 0.4) is 0 Å². The normalized spacial score (nSPS) is 12.6. The molecule has 27 heavy (non-hydrogen) atoms. The molecular formula is C18H21FN6O2. The van der Waals surface area contributed by atoms with Gasteiger partial charge in [0.1, 0.15) is 11.9 Å². The van der Waals surface area contributed by atoms with Crippen molar-refractivity contribution < 1.29 is 13.5 Å². The van der Waals surface area contributed by atoms with Crippen molar-refractivity contribution in [1.29, 1.82) is 0 Å². The predicted octanol–water partition coefficient (Wildman–Crippen LogP) is 2.34. The fourth-order valence-corrected chi connectivity index (χ4v) is 2.32. The molecule has 0 saturated carbocycles. The highest BCUT2D eigenvalue weighted by Crippen LogP contribution is 2.16. The largest absolute Gasteiger partial charge is 0.486 e. The molecule has 3 N–H and O–H groups in total. The average Bonchev–Trinajstić information content (AvgIpc) is 3.35. The molecule has 0 spiro atoms. The number of nitrogens with zero attached hydrogens (tertiary/aromatic N) is 3. The maximum atomic E-state index is 13.6. The van der Waals surface area contributed by atoms with Crippen LogP contribution in [0.15, 0.2) is 52.1 Å². The van der Waals surface area contributed by atoms with Crippen LogP contribution in [0.4, 0.5) is 4.39 Å². The number of aromatic amines is 1. The van der Waals surface area contributed by atoms with E-state index in [1.54, 1.807) is 43.6 Å². The number of para-hydroxylation sites is 1. The van der Waals surface area contributed by atoms with Crippen LogP contribution in [0, 0.1) is 5.82 Å². The zero-order chi connectivity index (χ0) is 19.1. The Balaban J connectivity index is 1.46. The first-order chi connectivity index (χ1) is 13.2. The molecular weight excluding hydrogens is 351 g/mol. The van der Waals surface area contributed by atoms with Gasteiger partial charge in [-0.3, -0.25) is 10.1 Å². The minimum Gasteiger partial charge on any atom is -0.486 e. The lowest BCUT2D eigenvalue weighted by Crippen LogP contribution is -2.41. The van der Waals surface area contributed by atoms with Gasteiger partial charge in [-0.25, -0.2) is 9.37 Å². The van der Waals surface area contributed by atoms with Crippen LogP contribution < -0.4 is 15.4 Å². The van der Waals surface area contributed by atoms with Crippen LogP contribution in [-0.4, -0.2) is 40.8 Å². The van der Waals surface area contributed by atoms with Crippen molar-refractivity contribution >= 4 is 5.96 Å². The molecule has 0 radical (unpaired) electrons. The lowest BCUT2D eigenvalue weighted by molar-refractivity contribution is 0.214. The number of rotatable bonds is 7. The lowest BCUT2D eigenvalue weighted by atomic mass is 10.3. The molecule has 1 unspecified atom stereocenters. The van der Waals surface area contributed by atoms with Gasteiger partial charge >= 0.3 is 0 Å². The van der Waals surface area contributed by atoms with E-state index in [-0.39, 0.29) is 17.7 Å². The fourth-order valence-electron chi connectivity index (χ4n) is 2.32. The van der Waals surface area contributed by atoms with Gasteiger partial charge in [0, 0.05) is 7.05 Å². The Hall–Kier alpha value is -3.36. The summed E-state index contributed by atoms with van der Waals surface area (Å²) in [5.41, 5.74) is 0. The van der Waals surface area contributed by atoms with Crippen molar-refractivity contribution in [3.8, 4) is 17.3 Å². The number of halogens is 1. The second kappa shape index (κ2) is 8.84. The van der Waals surface area contributed by atoms with Crippen LogP contribution in [0.1, 0.15) is 12.7 Å². The second-order valence-corrected chi connectivity index (χ2v) is 5.75. The van der Waals surface area contributed by atoms with Crippen LogP contribution in [0.2, 0.25) is 0 Å². The SMILES string of the molecule is CN=C(NCc1nc(-c2ccco2)n[nH]1)NCC(C)Oc1ccccc1F. The zero-order valence-corrected chi connectivity index (χ0v) is 15.1. The van der Waals surface area contributed by atoms with E-state index in [1.165, 1.54) is 6.07 Å². The molecule has 3 rings (SSSR count). The van der Waals surface area contributed by atoms with Gasteiger partial charge in [-0.15, -0.1) is 5.10 Å². The molecule has 0 aliphatic rings. The first-order valence-electron chi connectivity index (χ1n) is 8.46. The highest BCUT2D eigenvalue weighted by atomic mass is 19.1. The minimum atomic E-state index is -0.385. The summed E-state index contributed by atoms with van der Waals surface area (Å²) in [4.78, 5) is 8.49. The third-order valence-corrected chi connectivity index (χ3v) is 3.64. The molecule has 2 aromatic heterocycles. The van der Waals surface area contributed by atoms with Crippen LogP contribution in [-0.2, 0) is 6.54 Å². The molecule has 2 heterocycles. The van der Waals surface area contributed by atoms with E-state index in [9.17, 15) is 4.39 Å². The quantitative estimate of drug-likeness (QED) is 0.435. The number of ether oxygens (including phenoxy) is 1. The molecule has 8 nitrogen and oxygen atoms in total. The van der Waals surface area contributed by atoms with Crippen molar-refractivity contribution in [2.45, 2.75) is 19.6 Å². The monoisotopic (exact) mass is 372 g/mol. The van der Waals surface area contributed by atoms with Crippen LogP contribution in [0.25, 0.3) is 11.6 Å². The molecule has 1 atom stereocenters. The van der Waals surface area contributed by atoms with Crippen LogP contribution >= 0.6 is 0 Å². The van der Waals surface area contributed by atoms with E-state index in [4.69, 9.17) is 9.15 Å². The number of nitrogens with one attached hydrogen (secondary N) is 3. The summed E-state index contributed by atoms with van der Waals surface area (Å²) >= 11 is 0. The van der Waals surface area contributed by atoms with Gasteiger partial charge in [-0.1, -0.05) is 12.1 Å². The summed E-state index contributed by atoms with van der Waals surface area (Å²) in [6.07, 6.45) is 1.32. The first kappa shape index (κ1) is 18.4. The number of aliphatic imine (C=N–C) groups is 1. The third-order valence-electron chi connectivity index (χ3n) is 3.64. The standard InChI is InChI=1S/C18H21FN6O2/c1-12(27-14-7-4-3-6-13(14)19)10-21-18(20-2)22-11-16-23-17(25-24-16)15-8-5-9-26-15/h3-9,12H,10-11H2,1-2H3,(H2,20,21,22)(H,23,24,25). The minimum absolute atomic E-state index is 0.224. The molecule has 0 fully saturated rings. The maximum absolute atomic E-state index is 13.6. The summed E-state index contributed by atoms with van der Waals surface area (Å²) in [5, 5.41) is 13.2. The molecule has 0 bridgehead atoms. The topological polar surface area (TPSA) is 100 Å². The van der Waals surface area contributed by atoms with Gasteiger partial charge < -0.3 is 19.8 Å². The zero-order valence-electron chi connectivity index (χ0n) is 15.1. The number of furan rings is 1. The van der Waals surface area contributed by atoms with E-state index in [2.05, 4.69) is 30.8 Å². The Morgan fingerprint density at radius 1 is 1.30 bits per heavy atom. The molecule has 0 saturated heterocycles. The van der Waals surface area contributed by atoms with Gasteiger partial charge in [-0.05, 0) is 31.2 Å². The Kier molecular flexibility index (Phi) is 6.03. The Morgan fingerprint density at radius 2 is 2.15 bits per heavy atom. The maximum Gasteiger partial charge on any atom is 0.216 e. The molecule has 9 heteroatoms.